The van der Waals surface area contributed by atoms with Crippen molar-refractivity contribution in [2.24, 2.45) is 22.1 Å². The Hall–Kier alpha value is -3.08. The van der Waals surface area contributed by atoms with Gasteiger partial charge in [-0.05, 0) is 105 Å². The van der Waals surface area contributed by atoms with Crippen molar-refractivity contribution in [3.05, 3.63) is 70.3 Å². The fourth-order valence-electron chi connectivity index (χ4n) is 7.71. The van der Waals surface area contributed by atoms with Crippen molar-refractivity contribution < 1.29 is 23.3 Å². The minimum atomic E-state index is -3.42. The van der Waals surface area contributed by atoms with Crippen molar-refractivity contribution in [2.75, 3.05) is 44.0 Å². The number of methoxy groups -OCH3 is 1. The van der Waals surface area contributed by atoms with E-state index in [0.29, 0.717) is 42.7 Å². The quantitative estimate of drug-likeness (QED) is 0.372. The highest BCUT2D eigenvalue weighted by atomic mass is 35.5. The average Bonchev–Trinajstić information content (AvgIpc) is 3.14. The number of carbonyl (C=O) groups excluding carboxylic acids is 2. The molecule has 11 heteroatoms. The Morgan fingerprint density at radius 2 is 2.09 bits per heavy atom. The SMILES string of the molecule is CCNC(=O)N[S@@]1(=O)=NC(=O)c2ccc3c(c2)N(C[C@@H]2CC[C@H]2[C@@H](OC)/C=C/C[C@H](C)C1)C[C@@]1(CCCc2cc(Cl)ccc21)CO3. The second-order valence-corrected chi connectivity index (χ2v) is 15.9. The highest BCUT2D eigenvalue weighted by Crippen LogP contribution is 2.47. The van der Waals surface area contributed by atoms with Crippen LogP contribution in [0.2, 0.25) is 5.02 Å². The maximum atomic E-state index is 14.1. The average molecular weight is 669 g/mol. The Morgan fingerprint density at radius 1 is 1.24 bits per heavy atom. The number of aryl methyl sites for hydroxylation is 1. The van der Waals surface area contributed by atoms with E-state index >= 15 is 0 Å². The summed E-state index contributed by atoms with van der Waals surface area (Å²) in [7, 11) is -1.66. The number of hydrogen-bond acceptors (Lipinski definition) is 6. The van der Waals surface area contributed by atoms with Gasteiger partial charge in [-0.3, -0.25) is 9.52 Å². The smallest absolute Gasteiger partial charge is 0.327 e. The van der Waals surface area contributed by atoms with Crippen LogP contribution < -0.4 is 19.7 Å². The van der Waals surface area contributed by atoms with E-state index in [4.69, 9.17) is 21.1 Å². The van der Waals surface area contributed by atoms with E-state index in [1.807, 2.05) is 25.1 Å². The molecule has 1 fully saturated rings. The van der Waals surface area contributed by atoms with Crippen molar-refractivity contribution in [3.8, 4) is 5.75 Å². The largest absolute Gasteiger partial charge is 0.490 e. The molecule has 2 aliphatic carbocycles. The minimum absolute atomic E-state index is 0.0377. The molecule has 0 unspecified atom stereocenters. The second kappa shape index (κ2) is 13.6. The van der Waals surface area contributed by atoms with Gasteiger partial charge in [-0.2, -0.15) is 0 Å². The van der Waals surface area contributed by atoms with Crippen LogP contribution in [-0.4, -0.2) is 61.4 Å². The summed E-state index contributed by atoms with van der Waals surface area (Å²) in [5.41, 5.74) is 3.45. The number of benzene rings is 2. The van der Waals surface area contributed by atoms with Gasteiger partial charge in [0.15, 0.2) is 0 Å². The molecule has 6 rings (SSSR count). The third kappa shape index (κ3) is 6.80. The van der Waals surface area contributed by atoms with E-state index in [1.165, 1.54) is 11.1 Å². The molecule has 9 nitrogen and oxygen atoms in total. The lowest BCUT2D eigenvalue weighted by Crippen LogP contribution is -2.49. The second-order valence-electron chi connectivity index (χ2n) is 13.4. The summed E-state index contributed by atoms with van der Waals surface area (Å²) in [6.07, 6.45) is 9.96. The van der Waals surface area contributed by atoms with Gasteiger partial charge < -0.3 is 19.7 Å². The predicted octanol–water partition coefficient (Wildman–Crippen LogP) is 6.29. The Bertz CT molecular complexity index is 1640. The van der Waals surface area contributed by atoms with Gasteiger partial charge in [0.2, 0.25) is 0 Å². The van der Waals surface area contributed by atoms with Gasteiger partial charge in [0.1, 0.15) is 15.7 Å². The fourth-order valence-corrected chi connectivity index (χ4v) is 9.75. The monoisotopic (exact) mass is 668 g/mol. The molecule has 1 saturated carbocycles. The molecule has 0 radical (unpaired) electrons. The Morgan fingerprint density at radius 3 is 2.85 bits per heavy atom. The number of nitrogens with zero attached hydrogens (tertiary/aromatic N) is 2. The maximum Gasteiger partial charge on any atom is 0.327 e. The molecule has 0 aromatic heterocycles. The van der Waals surface area contributed by atoms with Crippen LogP contribution in [0.25, 0.3) is 0 Å². The molecule has 1 spiro atoms. The third-order valence-electron chi connectivity index (χ3n) is 10.1. The zero-order chi connectivity index (χ0) is 32.5. The summed E-state index contributed by atoms with van der Waals surface area (Å²) in [6.45, 7) is 6.11. The van der Waals surface area contributed by atoms with E-state index in [0.717, 1.165) is 55.9 Å². The molecule has 46 heavy (non-hydrogen) atoms. The van der Waals surface area contributed by atoms with Crippen LogP contribution in [0.1, 0.15) is 67.4 Å². The van der Waals surface area contributed by atoms with Gasteiger partial charge in [-0.15, -0.1) is 4.36 Å². The van der Waals surface area contributed by atoms with Gasteiger partial charge in [0, 0.05) is 42.7 Å². The standard InChI is InChI=1S/C35H45ClN4O5S/c1-4-37-34(42)39-46(43)20-23(2)7-5-9-31(44-3)28-13-10-26(28)19-40-21-35(16-6-8-24-17-27(36)12-14-29(24)35)22-45-32-15-11-25(18-30(32)40)33(41)38-46/h5,9,11-12,14-15,17-18,23,26,28,31H,4,6-8,10,13,16,19-22H2,1-3H3,(H2,37,38,39,41,42,43)/b9-5+/t23-,26-,28+,31-,35-,46-/m0/s1. The molecule has 6 atom stereocenters. The topological polar surface area (TPSA) is 109 Å². The number of rotatable bonds is 3. The van der Waals surface area contributed by atoms with Crippen LogP contribution in [0.5, 0.6) is 5.75 Å². The highest BCUT2D eigenvalue weighted by molar-refractivity contribution is 7.92. The van der Waals surface area contributed by atoms with Crippen LogP contribution in [0.4, 0.5) is 10.5 Å². The number of nitrogens with one attached hydrogen (secondary N) is 2. The molecule has 3 amide bonds. The van der Waals surface area contributed by atoms with Gasteiger partial charge in [-0.1, -0.05) is 36.7 Å². The van der Waals surface area contributed by atoms with Crippen LogP contribution in [0.3, 0.4) is 0 Å². The van der Waals surface area contributed by atoms with E-state index in [9.17, 15) is 13.8 Å². The first-order chi connectivity index (χ1) is 22.1. The van der Waals surface area contributed by atoms with E-state index in [-0.39, 0.29) is 23.2 Å². The molecule has 2 bridgehead atoms. The molecule has 2 aliphatic heterocycles. The Kier molecular flexibility index (Phi) is 9.69. The number of ether oxygens (including phenoxy) is 2. The van der Waals surface area contributed by atoms with Crippen molar-refractivity contribution in [1.29, 1.82) is 0 Å². The molecular formula is C35H45ClN4O5S. The van der Waals surface area contributed by atoms with Crippen LogP contribution in [-0.2, 0) is 26.5 Å². The Balaban J connectivity index is 1.44. The number of anilines is 1. The van der Waals surface area contributed by atoms with Crippen LogP contribution >= 0.6 is 11.6 Å². The molecule has 2 heterocycles. The summed E-state index contributed by atoms with van der Waals surface area (Å²) >= 11 is 6.43. The number of urea groups is 1. The lowest BCUT2D eigenvalue weighted by Gasteiger charge is -2.46. The number of halogens is 1. The number of allylic oxidation sites excluding steroid dienone is 1. The number of amides is 3. The van der Waals surface area contributed by atoms with Crippen LogP contribution in [0.15, 0.2) is 52.9 Å². The highest BCUT2D eigenvalue weighted by Gasteiger charge is 2.44. The maximum absolute atomic E-state index is 14.1. The van der Waals surface area contributed by atoms with Gasteiger partial charge in [-0.25, -0.2) is 9.00 Å². The van der Waals surface area contributed by atoms with Crippen LogP contribution in [0, 0.1) is 17.8 Å². The van der Waals surface area contributed by atoms with E-state index in [2.05, 4.69) is 43.6 Å². The summed E-state index contributed by atoms with van der Waals surface area (Å²) in [5.74, 6) is 0.775. The Labute approximate surface area is 277 Å². The number of fused-ring (bicyclic) bond motifs is 4. The van der Waals surface area contributed by atoms with Gasteiger partial charge in [0.05, 0.1) is 24.2 Å². The third-order valence-corrected chi connectivity index (χ3v) is 12.3. The molecule has 2 aromatic carbocycles. The zero-order valence-electron chi connectivity index (χ0n) is 26.9. The first kappa shape index (κ1) is 32.8. The molecule has 4 aliphatic rings. The first-order valence-corrected chi connectivity index (χ1v) is 18.5. The zero-order valence-corrected chi connectivity index (χ0v) is 28.5. The van der Waals surface area contributed by atoms with E-state index in [1.54, 1.807) is 20.1 Å². The lowest BCUT2D eigenvalue weighted by molar-refractivity contribution is 0.0131. The van der Waals surface area contributed by atoms with Gasteiger partial charge >= 0.3 is 6.03 Å². The summed E-state index contributed by atoms with van der Waals surface area (Å²) in [6, 6.07) is 11.0. The molecule has 0 saturated heterocycles. The van der Waals surface area contributed by atoms with Crippen molar-refractivity contribution >= 4 is 39.1 Å². The van der Waals surface area contributed by atoms with Crippen molar-refractivity contribution in [2.45, 2.75) is 63.9 Å². The van der Waals surface area contributed by atoms with Crippen molar-refractivity contribution in [1.82, 2.24) is 10.0 Å². The van der Waals surface area contributed by atoms with Gasteiger partial charge in [0.25, 0.3) is 5.91 Å². The van der Waals surface area contributed by atoms with E-state index < -0.39 is 21.9 Å². The summed E-state index contributed by atoms with van der Waals surface area (Å²) in [4.78, 5) is 28.6. The number of carbonyl (C=O) groups is 2. The minimum Gasteiger partial charge on any atom is -0.490 e. The normalized spacial score (nSPS) is 31.7. The first-order valence-electron chi connectivity index (χ1n) is 16.5. The lowest BCUT2D eigenvalue weighted by atomic mass is 9.68. The summed E-state index contributed by atoms with van der Waals surface area (Å²) < 4.78 is 33.4. The summed E-state index contributed by atoms with van der Waals surface area (Å²) in [5, 5.41) is 3.36. The molecular weight excluding hydrogens is 624 g/mol. The molecule has 2 N–H and O–H groups in total. The molecule has 2 aromatic rings. The van der Waals surface area contributed by atoms with Crippen molar-refractivity contribution in [3.63, 3.8) is 0 Å². The fraction of sp³-hybridized carbons (Fsp3) is 0.543. The number of hydrogen-bond donors (Lipinski definition) is 2. The predicted molar refractivity (Wildman–Crippen MR) is 182 cm³/mol. The molecule has 248 valence electrons.